The second-order valence-electron chi connectivity index (χ2n) is 1.23. The quantitative estimate of drug-likeness (QED) is 0.311. The Morgan fingerprint density at radius 2 is 2.25 bits per heavy atom. The van der Waals surface area contributed by atoms with Crippen LogP contribution in [0, 0.1) is 0 Å². The highest BCUT2D eigenvalue weighted by atomic mass is 127. The number of halogens is 1. The van der Waals surface area contributed by atoms with E-state index in [4.69, 9.17) is 5.21 Å². The molecule has 0 aliphatic rings. The standard InChI is InChI=1S/C4H6INO2/c1-3(5)4(7)6(2)8/h8H,1H2,2H3. The van der Waals surface area contributed by atoms with E-state index in [1.807, 2.05) is 0 Å². The zero-order valence-corrected chi connectivity index (χ0v) is 6.55. The molecule has 0 aliphatic carbocycles. The van der Waals surface area contributed by atoms with Gasteiger partial charge in [-0.15, -0.1) is 0 Å². The van der Waals surface area contributed by atoms with Crippen LogP contribution in [-0.4, -0.2) is 23.2 Å². The van der Waals surface area contributed by atoms with Crippen LogP contribution in [0.4, 0.5) is 0 Å². The fourth-order valence-electron chi connectivity index (χ4n) is 0.176. The number of nitrogens with zero attached hydrogens (tertiary/aromatic N) is 1. The predicted octanol–water partition coefficient (Wildman–Crippen LogP) is 0.783. The van der Waals surface area contributed by atoms with E-state index in [0.717, 1.165) is 0 Å². The molecule has 8 heavy (non-hydrogen) atoms. The molecule has 0 spiro atoms. The van der Waals surface area contributed by atoms with E-state index in [9.17, 15) is 4.79 Å². The van der Waals surface area contributed by atoms with Crippen molar-refractivity contribution < 1.29 is 10.0 Å². The fraction of sp³-hybridized carbons (Fsp3) is 0.250. The Kier molecular flexibility index (Phi) is 2.99. The minimum absolute atomic E-state index is 0.299. The number of hydroxylamine groups is 2. The van der Waals surface area contributed by atoms with Gasteiger partial charge in [-0.2, -0.15) is 0 Å². The second-order valence-corrected chi connectivity index (χ2v) is 2.54. The molecule has 0 aromatic heterocycles. The maximum atomic E-state index is 10.4. The summed E-state index contributed by atoms with van der Waals surface area (Å²) in [5, 5.41) is 8.90. The lowest BCUT2D eigenvalue weighted by Crippen LogP contribution is -2.21. The summed E-state index contributed by atoms with van der Waals surface area (Å²) in [6.45, 7) is 3.31. The molecular weight excluding hydrogens is 221 g/mol. The molecule has 0 heterocycles. The number of carbonyl (C=O) groups excluding carboxylic acids is 1. The highest BCUT2D eigenvalue weighted by molar-refractivity contribution is 14.1. The van der Waals surface area contributed by atoms with Crippen molar-refractivity contribution in [2.24, 2.45) is 0 Å². The smallest absolute Gasteiger partial charge is 0.282 e. The molecule has 0 radical (unpaired) electrons. The average molecular weight is 227 g/mol. The van der Waals surface area contributed by atoms with E-state index in [-0.39, 0.29) is 0 Å². The minimum Gasteiger partial charge on any atom is -0.286 e. The molecule has 0 aromatic carbocycles. The third-order valence-electron chi connectivity index (χ3n) is 0.526. The van der Waals surface area contributed by atoms with Gasteiger partial charge in [0, 0.05) is 7.05 Å². The Bertz CT molecular complexity index is 121. The van der Waals surface area contributed by atoms with Crippen molar-refractivity contribution in [3.63, 3.8) is 0 Å². The van der Waals surface area contributed by atoms with Crippen LogP contribution in [0.1, 0.15) is 0 Å². The summed E-state index contributed by atoms with van der Waals surface area (Å²) in [5.41, 5.74) is 0. The lowest BCUT2D eigenvalue weighted by Gasteiger charge is -2.04. The number of carbonyl (C=O) groups is 1. The van der Waals surface area contributed by atoms with Crippen molar-refractivity contribution in [1.82, 2.24) is 5.06 Å². The Morgan fingerprint density at radius 1 is 1.88 bits per heavy atom. The van der Waals surface area contributed by atoms with Crippen LogP contribution in [0.5, 0.6) is 0 Å². The van der Waals surface area contributed by atoms with Crippen LogP contribution in [0.3, 0.4) is 0 Å². The molecule has 0 fully saturated rings. The number of hydrogen-bond acceptors (Lipinski definition) is 2. The van der Waals surface area contributed by atoms with Crippen LogP contribution < -0.4 is 0 Å². The van der Waals surface area contributed by atoms with Gasteiger partial charge in [0.1, 0.15) is 0 Å². The average Bonchev–Trinajstić information content (AvgIpc) is 1.64. The second kappa shape index (κ2) is 3.03. The third-order valence-corrected chi connectivity index (χ3v) is 0.987. The zero-order chi connectivity index (χ0) is 6.73. The van der Waals surface area contributed by atoms with Crippen LogP contribution in [-0.2, 0) is 4.79 Å². The van der Waals surface area contributed by atoms with E-state index in [1.54, 1.807) is 22.6 Å². The molecule has 0 rings (SSSR count). The summed E-state index contributed by atoms with van der Waals surface area (Å²) in [7, 11) is 1.26. The molecule has 0 bridgehead atoms. The van der Waals surface area contributed by atoms with E-state index < -0.39 is 5.91 Å². The molecule has 4 heteroatoms. The van der Waals surface area contributed by atoms with Gasteiger partial charge in [0.15, 0.2) is 0 Å². The van der Waals surface area contributed by atoms with Crippen molar-refractivity contribution in [3.05, 3.63) is 10.2 Å². The highest BCUT2D eigenvalue weighted by Gasteiger charge is 2.05. The molecule has 0 aliphatic heterocycles. The monoisotopic (exact) mass is 227 g/mol. The maximum Gasteiger partial charge on any atom is 0.282 e. The summed E-state index contributed by atoms with van der Waals surface area (Å²) in [4.78, 5) is 10.4. The Hall–Kier alpha value is -0.100. The molecule has 1 amide bonds. The van der Waals surface area contributed by atoms with Crippen LogP contribution in [0.2, 0.25) is 0 Å². The number of hydrogen-bond donors (Lipinski definition) is 1. The highest BCUT2D eigenvalue weighted by Crippen LogP contribution is 2.03. The van der Waals surface area contributed by atoms with Crippen LogP contribution >= 0.6 is 22.6 Å². The summed E-state index contributed by atoms with van der Waals surface area (Å²) in [5.74, 6) is -0.467. The molecule has 0 unspecified atom stereocenters. The van der Waals surface area contributed by atoms with Crippen LogP contribution in [0.25, 0.3) is 0 Å². The topological polar surface area (TPSA) is 40.5 Å². The molecule has 0 atom stereocenters. The summed E-state index contributed by atoms with van der Waals surface area (Å²) >= 11 is 1.74. The molecular formula is C4H6INO2. The van der Waals surface area contributed by atoms with Gasteiger partial charge in [0.2, 0.25) is 0 Å². The molecule has 0 saturated heterocycles. The molecule has 0 aromatic rings. The predicted molar refractivity (Wildman–Crippen MR) is 37.7 cm³/mol. The van der Waals surface area contributed by atoms with Crippen molar-refractivity contribution in [2.75, 3.05) is 7.05 Å². The molecule has 46 valence electrons. The zero-order valence-electron chi connectivity index (χ0n) is 4.39. The summed E-state index contributed by atoms with van der Waals surface area (Å²) < 4.78 is 0.299. The lowest BCUT2D eigenvalue weighted by molar-refractivity contribution is -0.153. The SMILES string of the molecule is C=C(I)C(=O)N(C)O. The summed E-state index contributed by atoms with van der Waals surface area (Å²) in [6.07, 6.45) is 0. The van der Waals surface area contributed by atoms with Crippen molar-refractivity contribution in [2.45, 2.75) is 0 Å². The molecule has 3 nitrogen and oxygen atoms in total. The van der Waals surface area contributed by atoms with Gasteiger partial charge < -0.3 is 0 Å². The van der Waals surface area contributed by atoms with Crippen molar-refractivity contribution in [3.8, 4) is 0 Å². The lowest BCUT2D eigenvalue weighted by atomic mass is 10.6. The normalized spacial score (nSPS) is 8.38. The van der Waals surface area contributed by atoms with Gasteiger partial charge in [0.25, 0.3) is 5.91 Å². The van der Waals surface area contributed by atoms with Gasteiger partial charge in [-0.3, -0.25) is 10.0 Å². The molecule has 0 saturated carbocycles. The first-order valence-corrected chi connectivity index (χ1v) is 2.95. The van der Waals surface area contributed by atoms with Gasteiger partial charge in [-0.1, -0.05) is 6.58 Å². The van der Waals surface area contributed by atoms with E-state index in [0.29, 0.717) is 8.64 Å². The van der Waals surface area contributed by atoms with E-state index >= 15 is 0 Å². The van der Waals surface area contributed by atoms with Gasteiger partial charge >= 0.3 is 0 Å². The van der Waals surface area contributed by atoms with Crippen molar-refractivity contribution >= 4 is 28.5 Å². The van der Waals surface area contributed by atoms with Crippen molar-refractivity contribution in [1.29, 1.82) is 0 Å². The summed E-state index contributed by atoms with van der Waals surface area (Å²) in [6, 6.07) is 0. The van der Waals surface area contributed by atoms with Gasteiger partial charge in [-0.25, -0.2) is 5.06 Å². The largest absolute Gasteiger partial charge is 0.286 e. The first kappa shape index (κ1) is 7.90. The first-order valence-electron chi connectivity index (χ1n) is 1.87. The Balaban J connectivity index is 3.84. The number of likely N-dealkylation sites (N-methyl/N-ethyl adjacent to an activating group) is 1. The third kappa shape index (κ3) is 2.27. The van der Waals surface area contributed by atoms with Gasteiger partial charge in [0.05, 0.1) is 3.58 Å². The molecule has 1 N–H and O–H groups in total. The fourth-order valence-corrected chi connectivity index (χ4v) is 0.525. The maximum absolute atomic E-state index is 10.4. The van der Waals surface area contributed by atoms with E-state index in [1.165, 1.54) is 7.05 Å². The number of rotatable bonds is 1. The Labute approximate surface area is 61.1 Å². The Morgan fingerprint density at radius 3 is 2.25 bits per heavy atom. The van der Waals surface area contributed by atoms with E-state index in [2.05, 4.69) is 6.58 Å². The minimum atomic E-state index is -0.467. The van der Waals surface area contributed by atoms with Crippen LogP contribution in [0.15, 0.2) is 10.2 Å². The number of amides is 1. The van der Waals surface area contributed by atoms with Gasteiger partial charge in [-0.05, 0) is 22.6 Å². The first-order chi connectivity index (χ1) is 3.55.